The highest BCUT2D eigenvalue weighted by molar-refractivity contribution is 9.10. The number of carbonyl (C=O) groups excluding carboxylic acids is 2. The van der Waals surface area contributed by atoms with Crippen LogP contribution in [0.2, 0.25) is 5.02 Å². The molecule has 33 heavy (non-hydrogen) atoms. The Balaban J connectivity index is 2.35. The van der Waals surface area contributed by atoms with Crippen molar-refractivity contribution >= 4 is 55.1 Å². The summed E-state index contributed by atoms with van der Waals surface area (Å²) >= 11 is 9.62. The highest BCUT2D eigenvalue weighted by Crippen LogP contribution is 2.23. The minimum absolute atomic E-state index is 0.0683. The van der Waals surface area contributed by atoms with Crippen molar-refractivity contribution in [1.29, 1.82) is 0 Å². The first-order valence-corrected chi connectivity index (χ1v) is 13.6. The second-order valence-corrected chi connectivity index (χ2v) is 10.9. The van der Waals surface area contributed by atoms with Crippen LogP contribution in [-0.2, 0) is 26.2 Å². The molecular weight excluding hydrogens is 530 g/mol. The van der Waals surface area contributed by atoms with E-state index in [1.165, 1.54) is 4.90 Å². The summed E-state index contributed by atoms with van der Waals surface area (Å²) in [5, 5.41) is 3.30. The lowest BCUT2D eigenvalue weighted by Crippen LogP contribution is -2.51. The largest absolute Gasteiger partial charge is 0.354 e. The Kier molecular flexibility index (Phi) is 10.2. The third-order valence-corrected chi connectivity index (χ3v) is 7.13. The first-order chi connectivity index (χ1) is 15.5. The maximum Gasteiger partial charge on any atom is 0.244 e. The maximum absolute atomic E-state index is 13.4. The predicted octanol–water partition coefficient (Wildman–Crippen LogP) is 4.20. The van der Waals surface area contributed by atoms with Gasteiger partial charge in [0, 0.05) is 22.6 Å². The maximum atomic E-state index is 13.4. The average molecular weight is 559 g/mol. The van der Waals surface area contributed by atoms with E-state index in [0.29, 0.717) is 22.8 Å². The van der Waals surface area contributed by atoms with Crippen LogP contribution in [-0.4, -0.2) is 50.5 Å². The summed E-state index contributed by atoms with van der Waals surface area (Å²) in [4.78, 5) is 27.5. The van der Waals surface area contributed by atoms with E-state index < -0.39 is 28.5 Å². The van der Waals surface area contributed by atoms with Crippen molar-refractivity contribution in [2.45, 2.75) is 39.3 Å². The normalized spacial score (nSPS) is 12.2. The molecule has 2 aromatic rings. The van der Waals surface area contributed by atoms with Crippen molar-refractivity contribution in [3.8, 4) is 0 Å². The number of hydrogen-bond acceptors (Lipinski definition) is 4. The lowest BCUT2D eigenvalue weighted by molar-refractivity contribution is -0.139. The minimum Gasteiger partial charge on any atom is -0.354 e. The topological polar surface area (TPSA) is 86.8 Å². The zero-order valence-corrected chi connectivity index (χ0v) is 22.1. The third kappa shape index (κ3) is 8.01. The molecule has 0 fully saturated rings. The quantitative estimate of drug-likeness (QED) is 0.419. The van der Waals surface area contributed by atoms with Crippen molar-refractivity contribution in [1.82, 2.24) is 10.2 Å². The number of unbranched alkanes of at least 4 members (excludes halogenated alkanes) is 1. The van der Waals surface area contributed by atoms with Crippen LogP contribution >= 0.6 is 27.5 Å². The standard InChI is InChI=1S/C23H29BrClN3O4S/c1-4-5-14-26-23(30)17(2)27(15-18-8-6-7-9-21(18)25)22(29)16-28(33(3,31)32)20-12-10-19(24)11-13-20/h6-13,17H,4-5,14-16H2,1-3H3,(H,26,30)/t17-/m1/s1. The molecule has 2 aromatic carbocycles. The number of nitrogens with one attached hydrogen (secondary N) is 1. The minimum atomic E-state index is -3.76. The molecule has 2 amide bonds. The summed E-state index contributed by atoms with van der Waals surface area (Å²) in [6.45, 7) is 3.77. The number of amides is 2. The highest BCUT2D eigenvalue weighted by Gasteiger charge is 2.30. The van der Waals surface area contributed by atoms with Gasteiger partial charge < -0.3 is 10.2 Å². The van der Waals surface area contributed by atoms with Gasteiger partial charge >= 0.3 is 0 Å². The van der Waals surface area contributed by atoms with Crippen LogP contribution in [0.1, 0.15) is 32.3 Å². The molecule has 10 heteroatoms. The number of anilines is 1. The fourth-order valence-corrected chi connectivity index (χ4v) is 4.46. The van der Waals surface area contributed by atoms with Gasteiger partial charge in [0.05, 0.1) is 11.9 Å². The fraction of sp³-hybridized carbons (Fsp3) is 0.391. The Bertz CT molecular complexity index is 1060. The molecule has 180 valence electrons. The molecule has 2 rings (SSSR count). The highest BCUT2D eigenvalue weighted by atomic mass is 79.9. The van der Waals surface area contributed by atoms with Gasteiger partial charge in [0.15, 0.2) is 0 Å². The van der Waals surface area contributed by atoms with Crippen LogP contribution in [0.15, 0.2) is 53.0 Å². The zero-order chi connectivity index (χ0) is 24.6. The molecule has 0 aliphatic rings. The van der Waals surface area contributed by atoms with E-state index >= 15 is 0 Å². The summed E-state index contributed by atoms with van der Waals surface area (Å²) < 4.78 is 26.8. The van der Waals surface area contributed by atoms with Crippen LogP contribution in [0, 0.1) is 0 Å². The molecule has 0 saturated heterocycles. The first kappa shape index (κ1) is 27.1. The van der Waals surface area contributed by atoms with Crippen molar-refractivity contribution in [3.63, 3.8) is 0 Å². The fourth-order valence-electron chi connectivity index (χ4n) is 3.15. The monoisotopic (exact) mass is 557 g/mol. The van der Waals surface area contributed by atoms with E-state index in [0.717, 1.165) is 27.9 Å². The van der Waals surface area contributed by atoms with Crippen molar-refractivity contribution in [3.05, 3.63) is 63.6 Å². The van der Waals surface area contributed by atoms with Crippen LogP contribution in [0.5, 0.6) is 0 Å². The van der Waals surface area contributed by atoms with Crippen molar-refractivity contribution in [2.75, 3.05) is 23.7 Å². The molecule has 0 saturated carbocycles. The zero-order valence-electron chi connectivity index (χ0n) is 18.9. The average Bonchev–Trinajstić information content (AvgIpc) is 2.76. The van der Waals surface area contributed by atoms with E-state index in [1.54, 1.807) is 55.5 Å². The predicted molar refractivity (Wildman–Crippen MR) is 136 cm³/mol. The van der Waals surface area contributed by atoms with Gasteiger partial charge in [-0.25, -0.2) is 8.42 Å². The van der Waals surface area contributed by atoms with E-state index in [9.17, 15) is 18.0 Å². The molecule has 0 radical (unpaired) electrons. The number of nitrogens with zero attached hydrogens (tertiary/aromatic N) is 2. The smallest absolute Gasteiger partial charge is 0.244 e. The third-order valence-electron chi connectivity index (χ3n) is 5.09. The van der Waals surface area contributed by atoms with E-state index in [2.05, 4.69) is 21.2 Å². The number of sulfonamides is 1. The van der Waals surface area contributed by atoms with E-state index in [-0.39, 0.29) is 12.5 Å². The molecule has 0 aliphatic carbocycles. The number of benzene rings is 2. The second kappa shape index (κ2) is 12.4. The van der Waals surface area contributed by atoms with Gasteiger partial charge in [0.25, 0.3) is 0 Å². The summed E-state index contributed by atoms with van der Waals surface area (Å²) in [6, 6.07) is 12.8. The number of halogens is 2. The van der Waals surface area contributed by atoms with Gasteiger partial charge in [-0.2, -0.15) is 0 Å². The van der Waals surface area contributed by atoms with E-state index in [4.69, 9.17) is 11.6 Å². The van der Waals surface area contributed by atoms with Gasteiger partial charge in [-0.05, 0) is 49.2 Å². The van der Waals surface area contributed by atoms with Gasteiger partial charge in [0.1, 0.15) is 12.6 Å². The van der Waals surface area contributed by atoms with Crippen LogP contribution in [0.4, 0.5) is 5.69 Å². The molecule has 1 N–H and O–H groups in total. The molecule has 0 unspecified atom stereocenters. The van der Waals surface area contributed by atoms with Gasteiger partial charge in [-0.1, -0.05) is 59.1 Å². The van der Waals surface area contributed by atoms with Gasteiger partial charge in [0.2, 0.25) is 21.8 Å². The number of hydrogen-bond donors (Lipinski definition) is 1. The Labute approximate surface area is 209 Å². The summed E-state index contributed by atoms with van der Waals surface area (Å²) in [5.41, 5.74) is 1.02. The molecule has 0 spiro atoms. The summed E-state index contributed by atoms with van der Waals surface area (Å²) in [7, 11) is -3.76. The van der Waals surface area contributed by atoms with Gasteiger partial charge in [-0.3, -0.25) is 13.9 Å². The van der Waals surface area contributed by atoms with Crippen LogP contribution in [0.25, 0.3) is 0 Å². The number of rotatable bonds is 11. The molecule has 0 aromatic heterocycles. The molecule has 0 heterocycles. The Morgan fingerprint density at radius 1 is 1.12 bits per heavy atom. The summed E-state index contributed by atoms with van der Waals surface area (Å²) in [5.74, 6) is -0.820. The second-order valence-electron chi connectivity index (χ2n) is 7.68. The van der Waals surface area contributed by atoms with E-state index in [1.807, 2.05) is 6.92 Å². The van der Waals surface area contributed by atoms with Crippen molar-refractivity contribution < 1.29 is 18.0 Å². The molecule has 0 bridgehead atoms. The first-order valence-electron chi connectivity index (χ1n) is 10.6. The Morgan fingerprint density at radius 3 is 2.33 bits per heavy atom. The lowest BCUT2D eigenvalue weighted by Gasteiger charge is -2.31. The SMILES string of the molecule is CCCCNC(=O)[C@@H](C)N(Cc1ccccc1Cl)C(=O)CN(c1ccc(Br)cc1)S(C)(=O)=O. The number of carbonyl (C=O) groups is 2. The van der Waals surface area contributed by atoms with Crippen LogP contribution in [0.3, 0.4) is 0 Å². The molecular formula is C23H29BrClN3O4S. The molecule has 1 atom stereocenters. The molecule has 7 nitrogen and oxygen atoms in total. The summed E-state index contributed by atoms with van der Waals surface area (Å²) in [6.07, 6.45) is 2.79. The Hall–Kier alpha value is -2.10. The molecule has 0 aliphatic heterocycles. The van der Waals surface area contributed by atoms with Crippen molar-refractivity contribution in [2.24, 2.45) is 0 Å². The van der Waals surface area contributed by atoms with Crippen LogP contribution < -0.4 is 9.62 Å². The van der Waals surface area contributed by atoms with Gasteiger partial charge in [-0.15, -0.1) is 0 Å². The lowest BCUT2D eigenvalue weighted by atomic mass is 10.1. The Morgan fingerprint density at radius 2 is 1.76 bits per heavy atom.